The van der Waals surface area contributed by atoms with Crippen LogP contribution in [0.25, 0.3) is 0 Å². The summed E-state index contributed by atoms with van der Waals surface area (Å²) in [4.78, 5) is 11.7. The lowest BCUT2D eigenvalue weighted by molar-refractivity contribution is 0.0993. The number of halogens is 2. The van der Waals surface area contributed by atoms with Gasteiger partial charge in [-0.3, -0.25) is 4.79 Å². The molecule has 16 heavy (non-hydrogen) atoms. The van der Waals surface area contributed by atoms with Crippen LogP contribution in [0.15, 0.2) is 35.0 Å². The number of rotatable bonds is 3. The quantitative estimate of drug-likeness (QED) is 0.748. The fourth-order valence-electron chi connectivity index (χ4n) is 1.36. The van der Waals surface area contributed by atoms with Crippen LogP contribution in [0.2, 0.25) is 0 Å². The van der Waals surface area contributed by atoms with Crippen molar-refractivity contribution in [1.29, 1.82) is 0 Å². The van der Waals surface area contributed by atoms with Gasteiger partial charge in [0.25, 0.3) is 0 Å². The molecule has 0 fully saturated rings. The lowest BCUT2D eigenvalue weighted by atomic mass is 10.1. The average molecular weight is 238 g/mol. The molecule has 0 atom stereocenters. The van der Waals surface area contributed by atoms with Crippen molar-refractivity contribution in [2.24, 2.45) is 0 Å². The fourth-order valence-corrected chi connectivity index (χ4v) is 2.02. The maximum atomic E-state index is 12.9. The molecule has 0 aliphatic heterocycles. The number of carbonyl (C=O) groups is 1. The first-order valence-electron chi connectivity index (χ1n) is 4.66. The van der Waals surface area contributed by atoms with E-state index in [9.17, 15) is 13.6 Å². The molecule has 2 aromatic rings. The van der Waals surface area contributed by atoms with Crippen molar-refractivity contribution in [2.45, 2.75) is 6.42 Å². The molecule has 0 amide bonds. The Morgan fingerprint density at radius 2 is 2.00 bits per heavy atom. The minimum atomic E-state index is -0.921. The van der Waals surface area contributed by atoms with E-state index in [-0.39, 0.29) is 12.2 Å². The summed E-state index contributed by atoms with van der Waals surface area (Å²) in [6.45, 7) is 0. The van der Waals surface area contributed by atoms with Gasteiger partial charge in [-0.1, -0.05) is 6.07 Å². The van der Waals surface area contributed by atoms with Crippen LogP contribution in [0.3, 0.4) is 0 Å². The summed E-state index contributed by atoms with van der Waals surface area (Å²) in [5.41, 5.74) is 1.09. The summed E-state index contributed by atoms with van der Waals surface area (Å²) >= 11 is 1.43. The number of carbonyl (C=O) groups excluding carboxylic acids is 1. The summed E-state index contributed by atoms with van der Waals surface area (Å²) in [6.07, 6.45) is 0.0912. The van der Waals surface area contributed by atoms with Gasteiger partial charge >= 0.3 is 0 Å². The summed E-state index contributed by atoms with van der Waals surface area (Å²) in [7, 11) is 0. The lowest BCUT2D eigenvalue weighted by Crippen LogP contribution is -2.02. The van der Waals surface area contributed by atoms with Gasteiger partial charge in [-0.15, -0.1) is 0 Å². The summed E-state index contributed by atoms with van der Waals surface area (Å²) in [5.74, 6) is -1.91. The minimum Gasteiger partial charge on any atom is -0.294 e. The average Bonchev–Trinajstić information content (AvgIpc) is 2.77. The van der Waals surface area contributed by atoms with Crippen LogP contribution in [0.5, 0.6) is 0 Å². The summed E-state index contributed by atoms with van der Waals surface area (Å²) < 4.78 is 25.5. The Bertz CT molecular complexity index is 506. The summed E-state index contributed by atoms with van der Waals surface area (Å²) in [5, 5.41) is 3.54. The maximum absolute atomic E-state index is 12.9. The SMILES string of the molecule is O=C(Cc1ccc(F)c(F)c1)c1ccsc1. The van der Waals surface area contributed by atoms with Crippen molar-refractivity contribution < 1.29 is 13.6 Å². The van der Waals surface area contributed by atoms with Crippen LogP contribution in [0, 0.1) is 11.6 Å². The number of Topliss-reactive ketones (excluding diaryl/α,β-unsaturated/α-hetero) is 1. The van der Waals surface area contributed by atoms with Gasteiger partial charge in [0, 0.05) is 17.4 Å². The zero-order chi connectivity index (χ0) is 11.5. The molecule has 0 radical (unpaired) electrons. The minimum absolute atomic E-state index is 0.0905. The standard InChI is InChI=1S/C12H8F2OS/c13-10-2-1-8(5-11(10)14)6-12(15)9-3-4-16-7-9/h1-5,7H,6H2. The van der Waals surface area contributed by atoms with E-state index in [2.05, 4.69) is 0 Å². The van der Waals surface area contributed by atoms with E-state index >= 15 is 0 Å². The second-order valence-corrected chi connectivity index (χ2v) is 4.14. The Balaban J connectivity index is 2.15. The first-order chi connectivity index (χ1) is 7.66. The van der Waals surface area contributed by atoms with Gasteiger partial charge in [-0.2, -0.15) is 11.3 Å². The molecule has 0 aliphatic rings. The number of ketones is 1. The first-order valence-corrected chi connectivity index (χ1v) is 5.60. The molecule has 1 heterocycles. The van der Waals surface area contributed by atoms with Crippen molar-refractivity contribution in [1.82, 2.24) is 0 Å². The second-order valence-electron chi connectivity index (χ2n) is 3.36. The zero-order valence-electron chi connectivity index (χ0n) is 8.24. The predicted molar refractivity (Wildman–Crippen MR) is 58.7 cm³/mol. The highest BCUT2D eigenvalue weighted by Gasteiger charge is 2.09. The van der Waals surface area contributed by atoms with Crippen LogP contribution in [0.1, 0.15) is 15.9 Å². The predicted octanol–water partition coefficient (Wildman–Crippen LogP) is 3.45. The van der Waals surface area contributed by atoms with Gasteiger partial charge in [-0.25, -0.2) is 8.78 Å². The molecule has 1 aromatic carbocycles. The molecular weight excluding hydrogens is 230 g/mol. The number of thiophene rings is 1. The smallest absolute Gasteiger partial charge is 0.168 e. The molecule has 1 aromatic heterocycles. The Morgan fingerprint density at radius 3 is 2.62 bits per heavy atom. The highest BCUT2D eigenvalue weighted by molar-refractivity contribution is 7.08. The maximum Gasteiger partial charge on any atom is 0.168 e. The van der Waals surface area contributed by atoms with Gasteiger partial charge in [0.15, 0.2) is 17.4 Å². The van der Waals surface area contributed by atoms with Crippen molar-refractivity contribution in [3.05, 3.63) is 57.8 Å². The van der Waals surface area contributed by atoms with Gasteiger partial charge in [0.1, 0.15) is 0 Å². The Hall–Kier alpha value is -1.55. The molecule has 1 nitrogen and oxygen atoms in total. The van der Waals surface area contributed by atoms with Gasteiger partial charge < -0.3 is 0 Å². The summed E-state index contributed by atoms with van der Waals surface area (Å²) in [6, 6.07) is 5.22. The molecule has 4 heteroatoms. The third kappa shape index (κ3) is 2.33. The topological polar surface area (TPSA) is 17.1 Å². The highest BCUT2D eigenvalue weighted by Crippen LogP contribution is 2.13. The Morgan fingerprint density at radius 1 is 1.19 bits per heavy atom. The largest absolute Gasteiger partial charge is 0.294 e. The molecule has 0 unspecified atom stereocenters. The van der Waals surface area contributed by atoms with E-state index in [4.69, 9.17) is 0 Å². The van der Waals surface area contributed by atoms with Gasteiger partial charge in [0.05, 0.1) is 0 Å². The second kappa shape index (κ2) is 4.53. The highest BCUT2D eigenvalue weighted by atomic mass is 32.1. The van der Waals surface area contributed by atoms with Crippen molar-refractivity contribution >= 4 is 17.1 Å². The van der Waals surface area contributed by atoms with E-state index in [1.54, 1.807) is 16.8 Å². The third-order valence-electron chi connectivity index (χ3n) is 2.19. The molecule has 82 valence electrons. The monoisotopic (exact) mass is 238 g/mol. The molecule has 0 bridgehead atoms. The van der Waals surface area contributed by atoms with E-state index < -0.39 is 11.6 Å². The molecule has 0 N–H and O–H groups in total. The first kappa shape index (κ1) is 11.0. The van der Waals surface area contributed by atoms with E-state index in [0.29, 0.717) is 11.1 Å². The molecule has 2 rings (SSSR count). The molecule has 0 aliphatic carbocycles. The van der Waals surface area contributed by atoms with E-state index in [1.165, 1.54) is 17.4 Å². The fraction of sp³-hybridized carbons (Fsp3) is 0.0833. The Kier molecular flexibility index (Phi) is 3.10. The number of hydrogen-bond donors (Lipinski definition) is 0. The third-order valence-corrected chi connectivity index (χ3v) is 2.88. The molecular formula is C12H8F2OS. The van der Waals surface area contributed by atoms with Crippen molar-refractivity contribution in [3.63, 3.8) is 0 Å². The zero-order valence-corrected chi connectivity index (χ0v) is 9.06. The van der Waals surface area contributed by atoms with E-state index in [0.717, 1.165) is 12.1 Å². The van der Waals surface area contributed by atoms with Crippen LogP contribution in [0.4, 0.5) is 8.78 Å². The number of hydrogen-bond acceptors (Lipinski definition) is 2. The van der Waals surface area contributed by atoms with Crippen molar-refractivity contribution in [3.8, 4) is 0 Å². The molecule has 0 saturated carbocycles. The van der Waals surface area contributed by atoms with Gasteiger partial charge in [-0.05, 0) is 29.1 Å². The molecule has 0 spiro atoms. The lowest BCUT2D eigenvalue weighted by Gasteiger charge is -2.00. The van der Waals surface area contributed by atoms with E-state index in [1.807, 2.05) is 0 Å². The van der Waals surface area contributed by atoms with Crippen LogP contribution in [-0.2, 0) is 6.42 Å². The normalized spacial score (nSPS) is 10.4. The van der Waals surface area contributed by atoms with Crippen LogP contribution < -0.4 is 0 Å². The number of benzene rings is 1. The van der Waals surface area contributed by atoms with Gasteiger partial charge in [0.2, 0.25) is 0 Å². The molecule has 0 saturated heterocycles. The van der Waals surface area contributed by atoms with Crippen LogP contribution >= 0.6 is 11.3 Å². The van der Waals surface area contributed by atoms with Crippen molar-refractivity contribution in [2.75, 3.05) is 0 Å². The Labute approximate surface area is 95.4 Å². The van der Waals surface area contributed by atoms with Crippen LogP contribution in [-0.4, -0.2) is 5.78 Å².